The highest BCUT2D eigenvalue weighted by Gasteiger charge is 2.06. The van der Waals surface area contributed by atoms with Gasteiger partial charge in [0.15, 0.2) is 0 Å². The summed E-state index contributed by atoms with van der Waals surface area (Å²) in [7, 11) is 0. The zero-order valence-electron chi connectivity index (χ0n) is 16.1. The average Bonchev–Trinajstić information content (AvgIpc) is 2.62. The molecule has 2 N–H and O–H groups in total. The number of hydrogen-bond donors (Lipinski definition) is 1. The number of unbranched alkanes of at least 4 members (excludes halogenated alkanes) is 12. The lowest BCUT2D eigenvalue weighted by Gasteiger charge is -2.04. The Labute approximate surface area is 154 Å². The minimum Gasteiger partial charge on any atom is -0.366 e. The molecule has 0 aliphatic rings. The van der Waals surface area contributed by atoms with Gasteiger partial charge in [0.25, 0.3) is 0 Å². The maximum absolute atomic E-state index is 11.6. The van der Waals surface area contributed by atoms with Gasteiger partial charge >= 0.3 is 0 Å². The first kappa shape index (κ1) is 21.5. The van der Waals surface area contributed by atoms with Crippen LogP contribution in [0.5, 0.6) is 0 Å². The van der Waals surface area contributed by atoms with E-state index in [9.17, 15) is 4.79 Å². The average molecular weight is 344 g/mol. The van der Waals surface area contributed by atoms with Crippen molar-refractivity contribution in [1.29, 1.82) is 0 Å². The van der Waals surface area contributed by atoms with Crippen molar-refractivity contribution in [2.45, 2.75) is 90.4 Å². The molecule has 0 heterocycles. The number of amides is 1. The first-order valence-electron chi connectivity index (χ1n) is 10.3. The lowest BCUT2D eigenvalue weighted by molar-refractivity contribution is -0.112. The van der Waals surface area contributed by atoms with Gasteiger partial charge in [0.2, 0.25) is 5.91 Å². The third kappa shape index (κ3) is 10.8. The molecule has 0 aromatic heterocycles. The third-order valence-electron chi connectivity index (χ3n) is 4.76. The Morgan fingerprint density at radius 1 is 0.800 bits per heavy atom. The molecule has 1 aromatic carbocycles. The molecule has 140 valence electrons. The van der Waals surface area contributed by atoms with Gasteiger partial charge in [-0.1, -0.05) is 114 Å². The highest BCUT2D eigenvalue weighted by molar-refractivity contribution is 6.18. The lowest BCUT2D eigenvalue weighted by Crippen LogP contribution is -2.12. The summed E-state index contributed by atoms with van der Waals surface area (Å²) in [5.74, 6) is -0.329. The number of nitrogens with two attached hydrogens (primary N) is 1. The van der Waals surface area contributed by atoms with Crippen LogP contribution in [0, 0.1) is 0 Å². The van der Waals surface area contributed by atoms with E-state index in [4.69, 9.17) is 5.73 Å². The zero-order chi connectivity index (χ0) is 18.2. The van der Waals surface area contributed by atoms with E-state index in [-0.39, 0.29) is 5.91 Å². The number of hydrogen-bond acceptors (Lipinski definition) is 1. The minimum atomic E-state index is -0.329. The third-order valence-corrected chi connectivity index (χ3v) is 4.76. The molecule has 1 amide bonds. The second-order valence-electron chi connectivity index (χ2n) is 7.03. The van der Waals surface area contributed by atoms with E-state index in [0.29, 0.717) is 5.57 Å². The zero-order valence-corrected chi connectivity index (χ0v) is 16.1. The number of allylic oxidation sites excluding steroid dienone is 1. The quantitative estimate of drug-likeness (QED) is 0.281. The normalized spacial score (nSPS) is 11.6. The van der Waals surface area contributed by atoms with Crippen LogP contribution in [0.15, 0.2) is 36.4 Å². The Kier molecular flexibility index (Phi) is 12.7. The molecule has 1 rings (SSSR count). The van der Waals surface area contributed by atoms with Gasteiger partial charge in [-0.05, 0) is 18.4 Å². The number of benzene rings is 1. The second kappa shape index (κ2) is 14.7. The Morgan fingerprint density at radius 3 is 1.76 bits per heavy atom. The molecule has 25 heavy (non-hydrogen) atoms. The Hall–Kier alpha value is -1.57. The van der Waals surface area contributed by atoms with Crippen LogP contribution >= 0.6 is 0 Å². The molecule has 0 unspecified atom stereocenters. The van der Waals surface area contributed by atoms with Crippen molar-refractivity contribution in [3.8, 4) is 0 Å². The summed E-state index contributed by atoms with van der Waals surface area (Å²) in [4.78, 5) is 11.6. The van der Waals surface area contributed by atoms with E-state index < -0.39 is 0 Å². The summed E-state index contributed by atoms with van der Waals surface area (Å²) >= 11 is 0. The van der Waals surface area contributed by atoms with Crippen LogP contribution in [0.25, 0.3) is 5.57 Å². The Bertz CT molecular complexity index is 478. The van der Waals surface area contributed by atoms with Gasteiger partial charge in [-0.3, -0.25) is 4.79 Å². The fourth-order valence-electron chi connectivity index (χ4n) is 3.21. The van der Waals surface area contributed by atoms with E-state index in [1.54, 1.807) is 0 Å². The van der Waals surface area contributed by atoms with Crippen LogP contribution < -0.4 is 5.73 Å². The van der Waals surface area contributed by atoms with Crippen molar-refractivity contribution < 1.29 is 4.79 Å². The van der Waals surface area contributed by atoms with E-state index in [1.165, 1.54) is 70.6 Å². The summed E-state index contributed by atoms with van der Waals surface area (Å²) in [6, 6.07) is 9.72. The van der Waals surface area contributed by atoms with Crippen molar-refractivity contribution in [2.24, 2.45) is 5.73 Å². The van der Waals surface area contributed by atoms with Gasteiger partial charge in [-0.25, -0.2) is 0 Å². The largest absolute Gasteiger partial charge is 0.366 e. The predicted octanol–water partition coefficient (Wildman–Crippen LogP) is 6.65. The molecule has 0 aliphatic heterocycles. The highest BCUT2D eigenvalue weighted by Crippen LogP contribution is 2.16. The monoisotopic (exact) mass is 343 g/mol. The molecule has 0 radical (unpaired) electrons. The summed E-state index contributed by atoms with van der Waals surface area (Å²) in [6.07, 6.45) is 19.1. The van der Waals surface area contributed by atoms with Gasteiger partial charge in [0.05, 0.1) is 0 Å². The Morgan fingerprint density at radius 2 is 1.28 bits per heavy atom. The molecule has 2 nitrogen and oxygen atoms in total. The molecule has 0 spiro atoms. The standard InChI is InChI=1S/C23H37NO/c1-2-3-4-5-6-7-8-9-10-11-12-13-17-20-22(23(24)25)21-18-15-14-16-19-21/h14-16,18-20H,2-13,17H2,1H3,(H2,24,25). The predicted molar refractivity (Wildman–Crippen MR) is 109 cm³/mol. The number of primary amides is 1. The van der Waals surface area contributed by atoms with Crippen LogP contribution in [-0.2, 0) is 4.79 Å². The first-order chi connectivity index (χ1) is 12.3. The van der Waals surface area contributed by atoms with Crippen molar-refractivity contribution in [3.05, 3.63) is 42.0 Å². The van der Waals surface area contributed by atoms with Crippen molar-refractivity contribution >= 4 is 11.5 Å². The molecule has 0 bridgehead atoms. The van der Waals surface area contributed by atoms with E-state index in [0.717, 1.165) is 18.4 Å². The molecule has 1 aromatic rings. The number of rotatable bonds is 15. The lowest BCUT2D eigenvalue weighted by atomic mass is 10.0. The van der Waals surface area contributed by atoms with Crippen LogP contribution in [0.4, 0.5) is 0 Å². The highest BCUT2D eigenvalue weighted by atomic mass is 16.1. The molecule has 2 heteroatoms. The SMILES string of the molecule is CCCCCCCCCCCCCCC=C(C(N)=O)c1ccccc1. The molecule has 0 atom stereocenters. The van der Waals surface area contributed by atoms with Crippen LogP contribution in [0.2, 0.25) is 0 Å². The van der Waals surface area contributed by atoms with Crippen molar-refractivity contribution in [3.63, 3.8) is 0 Å². The number of carbonyl (C=O) groups is 1. The molecule has 0 aliphatic carbocycles. The molecule has 0 saturated heterocycles. The summed E-state index contributed by atoms with van der Waals surface area (Å²) in [5.41, 5.74) is 7.09. The second-order valence-corrected chi connectivity index (χ2v) is 7.03. The summed E-state index contributed by atoms with van der Waals surface area (Å²) in [6.45, 7) is 2.27. The van der Waals surface area contributed by atoms with Crippen LogP contribution in [0.1, 0.15) is 96.0 Å². The van der Waals surface area contributed by atoms with Gasteiger partial charge in [-0.15, -0.1) is 0 Å². The topological polar surface area (TPSA) is 43.1 Å². The van der Waals surface area contributed by atoms with Crippen molar-refractivity contribution in [2.75, 3.05) is 0 Å². The van der Waals surface area contributed by atoms with E-state index in [2.05, 4.69) is 6.92 Å². The maximum Gasteiger partial charge on any atom is 0.248 e. The molecule has 0 fully saturated rings. The van der Waals surface area contributed by atoms with Crippen LogP contribution in [0.3, 0.4) is 0 Å². The fraction of sp³-hybridized carbons (Fsp3) is 0.609. The summed E-state index contributed by atoms with van der Waals surface area (Å²) in [5, 5.41) is 0. The molecular weight excluding hydrogens is 306 g/mol. The van der Waals surface area contributed by atoms with Crippen LogP contribution in [-0.4, -0.2) is 5.91 Å². The molecule has 0 saturated carbocycles. The minimum absolute atomic E-state index is 0.329. The molecular formula is C23H37NO. The van der Waals surface area contributed by atoms with Gasteiger partial charge < -0.3 is 5.73 Å². The summed E-state index contributed by atoms with van der Waals surface area (Å²) < 4.78 is 0. The maximum atomic E-state index is 11.6. The van der Waals surface area contributed by atoms with Crippen molar-refractivity contribution in [1.82, 2.24) is 0 Å². The van der Waals surface area contributed by atoms with E-state index in [1.807, 2.05) is 36.4 Å². The van der Waals surface area contributed by atoms with Gasteiger partial charge in [0, 0.05) is 5.57 Å². The number of carbonyl (C=O) groups excluding carboxylic acids is 1. The smallest absolute Gasteiger partial charge is 0.248 e. The first-order valence-corrected chi connectivity index (χ1v) is 10.3. The Balaban J connectivity index is 2.04. The van der Waals surface area contributed by atoms with Gasteiger partial charge in [0.1, 0.15) is 0 Å². The van der Waals surface area contributed by atoms with Gasteiger partial charge in [-0.2, -0.15) is 0 Å². The van der Waals surface area contributed by atoms with E-state index >= 15 is 0 Å². The fourth-order valence-corrected chi connectivity index (χ4v) is 3.21.